The van der Waals surface area contributed by atoms with Gasteiger partial charge in [-0.15, -0.1) is 11.3 Å². The standard InChI is InChI=1S/C24H18Cl2N6S2/c1-13-7-9-15(25)11-18(13)27-21-30-22(28-19-12-16(26)10-8-14(19)2)32-23(31-21)34-24-29-17-5-3-4-6-20(17)33-24/h3-12H,1-2H3,(H2,27,28,30,31,32). The predicted molar refractivity (Wildman–Crippen MR) is 143 cm³/mol. The first-order valence-electron chi connectivity index (χ1n) is 10.3. The van der Waals surface area contributed by atoms with E-state index in [2.05, 4.69) is 25.6 Å². The Kier molecular flexibility index (Phi) is 6.56. The Labute approximate surface area is 214 Å². The third-order valence-electron chi connectivity index (χ3n) is 4.96. The minimum absolute atomic E-state index is 0.395. The molecule has 5 rings (SSSR count). The Morgan fingerprint density at radius 1 is 0.735 bits per heavy atom. The fourth-order valence-corrected chi connectivity index (χ4v) is 5.45. The summed E-state index contributed by atoms with van der Waals surface area (Å²) in [6, 6.07) is 19.3. The minimum atomic E-state index is 0.395. The molecule has 0 aliphatic rings. The molecule has 0 amide bonds. The van der Waals surface area contributed by atoms with Crippen molar-refractivity contribution in [2.24, 2.45) is 0 Å². The molecule has 0 aliphatic heterocycles. The maximum absolute atomic E-state index is 6.20. The van der Waals surface area contributed by atoms with Gasteiger partial charge in [-0.3, -0.25) is 0 Å². The van der Waals surface area contributed by atoms with Gasteiger partial charge in [0.15, 0.2) is 4.34 Å². The first-order valence-corrected chi connectivity index (χ1v) is 12.7. The van der Waals surface area contributed by atoms with Gasteiger partial charge in [0.1, 0.15) is 0 Å². The molecule has 0 unspecified atom stereocenters. The molecule has 0 atom stereocenters. The maximum Gasteiger partial charge on any atom is 0.233 e. The fraction of sp³-hybridized carbons (Fsp3) is 0.0833. The first kappa shape index (κ1) is 22.9. The van der Waals surface area contributed by atoms with Crippen LogP contribution in [-0.4, -0.2) is 19.9 Å². The third kappa shape index (κ3) is 5.26. The van der Waals surface area contributed by atoms with Gasteiger partial charge in [0.2, 0.25) is 17.1 Å². The van der Waals surface area contributed by atoms with E-state index in [-0.39, 0.29) is 0 Å². The van der Waals surface area contributed by atoms with Crippen LogP contribution in [0.4, 0.5) is 23.3 Å². The van der Waals surface area contributed by atoms with Crippen LogP contribution in [-0.2, 0) is 0 Å². The predicted octanol–water partition coefficient (Wildman–Crippen LogP) is 8.04. The number of para-hydroxylation sites is 1. The van der Waals surface area contributed by atoms with Gasteiger partial charge in [-0.2, -0.15) is 15.0 Å². The lowest BCUT2D eigenvalue weighted by Crippen LogP contribution is -2.06. The van der Waals surface area contributed by atoms with Crippen molar-refractivity contribution in [2.45, 2.75) is 23.3 Å². The van der Waals surface area contributed by atoms with Crippen LogP contribution in [0, 0.1) is 13.8 Å². The van der Waals surface area contributed by atoms with Crippen LogP contribution in [0.15, 0.2) is 70.2 Å². The van der Waals surface area contributed by atoms with Crippen LogP contribution in [0.25, 0.3) is 10.2 Å². The van der Waals surface area contributed by atoms with Gasteiger partial charge in [0.05, 0.1) is 10.2 Å². The summed E-state index contributed by atoms with van der Waals surface area (Å²) in [5, 5.41) is 8.31. The van der Waals surface area contributed by atoms with Gasteiger partial charge in [0, 0.05) is 21.4 Å². The molecular weight excluding hydrogens is 507 g/mol. The van der Waals surface area contributed by atoms with Crippen molar-refractivity contribution < 1.29 is 0 Å². The quantitative estimate of drug-likeness (QED) is 0.232. The summed E-state index contributed by atoms with van der Waals surface area (Å²) >= 11 is 15.4. The molecule has 6 nitrogen and oxygen atoms in total. The number of nitrogens with one attached hydrogen (secondary N) is 2. The molecule has 0 saturated heterocycles. The summed E-state index contributed by atoms with van der Waals surface area (Å²) in [6.45, 7) is 3.98. The highest BCUT2D eigenvalue weighted by Gasteiger charge is 2.14. The van der Waals surface area contributed by atoms with Crippen LogP contribution < -0.4 is 10.6 Å². The summed E-state index contributed by atoms with van der Waals surface area (Å²) in [6.07, 6.45) is 0. The molecule has 0 saturated carbocycles. The number of fused-ring (bicyclic) bond motifs is 1. The number of aromatic nitrogens is 4. The molecule has 0 radical (unpaired) electrons. The highest BCUT2D eigenvalue weighted by molar-refractivity contribution is 8.01. The molecule has 34 heavy (non-hydrogen) atoms. The number of thiazole rings is 1. The van der Waals surface area contributed by atoms with Crippen LogP contribution in [0.3, 0.4) is 0 Å². The second-order valence-electron chi connectivity index (χ2n) is 7.48. The van der Waals surface area contributed by atoms with E-state index in [0.717, 1.165) is 37.1 Å². The van der Waals surface area contributed by atoms with Crippen molar-refractivity contribution in [1.29, 1.82) is 0 Å². The van der Waals surface area contributed by atoms with E-state index in [1.54, 1.807) is 11.3 Å². The van der Waals surface area contributed by atoms with E-state index >= 15 is 0 Å². The Balaban J connectivity index is 1.52. The summed E-state index contributed by atoms with van der Waals surface area (Å²) < 4.78 is 1.96. The van der Waals surface area contributed by atoms with Gasteiger partial charge in [-0.1, -0.05) is 47.5 Å². The number of aryl methyl sites for hydroxylation is 2. The lowest BCUT2D eigenvalue weighted by atomic mass is 10.2. The molecular formula is C24H18Cl2N6S2. The lowest BCUT2D eigenvalue weighted by Gasteiger charge is -2.12. The van der Waals surface area contributed by atoms with Gasteiger partial charge < -0.3 is 10.6 Å². The largest absolute Gasteiger partial charge is 0.324 e. The average Bonchev–Trinajstić information content (AvgIpc) is 3.21. The molecule has 2 N–H and O–H groups in total. The molecule has 0 spiro atoms. The zero-order chi connectivity index (χ0) is 23.7. The SMILES string of the molecule is Cc1ccc(Cl)cc1Nc1nc(Nc2cc(Cl)ccc2C)nc(Sc2nc3ccccc3s2)n1. The van der Waals surface area contributed by atoms with E-state index in [1.807, 2.05) is 74.5 Å². The van der Waals surface area contributed by atoms with Crippen molar-refractivity contribution in [3.63, 3.8) is 0 Å². The molecule has 2 aromatic heterocycles. The van der Waals surface area contributed by atoms with Crippen LogP contribution >= 0.6 is 46.3 Å². The van der Waals surface area contributed by atoms with Crippen molar-refractivity contribution >= 4 is 79.8 Å². The smallest absolute Gasteiger partial charge is 0.233 e. The number of rotatable bonds is 6. The lowest BCUT2D eigenvalue weighted by molar-refractivity contribution is 0.919. The van der Waals surface area contributed by atoms with E-state index in [0.29, 0.717) is 27.1 Å². The number of benzene rings is 3. The second kappa shape index (κ2) is 9.76. The van der Waals surface area contributed by atoms with Crippen molar-refractivity contribution in [3.8, 4) is 0 Å². The Bertz CT molecular complexity index is 1400. The van der Waals surface area contributed by atoms with Crippen molar-refractivity contribution in [3.05, 3.63) is 81.8 Å². The molecule has 5 aromatic rings. The van der Waals surface area contributed by atoms with Gasteiger partial charge in [0.25, 0.3) is 0 Å². The van der Waals surface area contributed by atoms with Crippen LogP contribution in [0.2, 0.25) is 10.0 Å². The Morgan fingerprint density at radius 3 is 1.91 bits per heavy atom. The number of halogens is 2. The number of hydrogen-bond acceptors (Lipinski definition) is 8. The molecule has 0 fully saturated rings. The average molecular weight is 525 g/mol. The number of hydrogen-bond donors (Lipinski definition) is 2. The van der Waals surface area contributed by atoms with Gasteiger partial charge >= 0.3 is 0 Å². The van der Waals surface area contributed by atoms with Crippen LogP contribution in [0.1, 0.15) is 11.1 Å². The summed E-state index contributed by atoms with van der Waals surface area (Å²) in [7, 11) is 0. The number of anilines is 4. The molecule has 0 bridgehead atoms. The third-order valence-corrected chi connectivity index (χ3v) is 7.39. The molecule has 10 heteroatoms. The summed E-state index contributed by atoms with van der Waals surface area (Å²) in [5.74, 6) is 0.789. The molecule has 0 aliphatic carbocycles. The first-order chi connectivity index (χ1) is 16.4. The van der Waals surface area contributed by atoms with Gasteiger partial charge in [-0.05, 0) is 73.1 Å². The highest BCUT2D eigenvalue weighted by Crippen LogP contribution is 2.34. The van der Waals surface area contributed by atoms with E-state index in [9.17, 15) is 0 Å². The van der Waals surface area contributed by atoms with E-state index in [4.69, 9.17) is 28.2 Å². The van der Waals surface area contributed by atoms with Crippen molar-refractivity contribution in [2.75, 3.05) is 10.6 Å². The highest BCUT2D eigenvalue weighted by atomic mass is 35.5. The normalized spacial score (nSPS) is 11.1. The Hall–Kier alpha value is -2.91. The summed E-state index contributed by atoms with van der Waals surface area (Å²) in [5.41, 5.74) is 4.62. The zero-order valence-corrected chi connectivity index (χ0v) is 21.3. The van der Waals surface area contributed by atoms with Crippen molar-refractivity contribution in [1.82, 2.24) is 19.9 Å². The molecule has 3 aromatic carbocycles. The summed E-state index contributed by atoms with van der Waals surface area (Å²) in [4.78, 5) is 18.5. The van der Waals surface area contributed by atoms with Gasteiger partial charge in [-0.25, -0.2) is 4.98 Å². The van der Waals surface area contributed by atoms with E-state index < -0.39 is 0 Å². The molecule has 170 valence electrons. The second-order valence-corrected chi connectivity index (χ2v) is 10.6. The maximum atomic E-state index is 6.20. The number of nitrogens with zero attached hydrogens (tertiary/aromatic N) is 4. The molecule has 2 heterocycles. The Morgan fingerprint density at radius 2 is 1.32 bits per heavy atom. The fourth-order valence-electron chi connectivity index (χ4n) is 3.19. The van der Waals surface area contributed by atoms with Crippen LogP contribution in [0.5, 0.6) is 0 Å². The van der Waals surface area contributed by atoms with E-state index in [1.165, 1.54) is 11.8 Å². The zero-order valence-electron chi connectivity index (χ0n) is 18.1. The monoisotopic (exact) mass is 524 g/mol. The topological polar surface area (TPSA) is 75.6 Å². The minimum Gasteiger partial charge on any atom is -0.324 e.